The molecule has 15 heavy (non-hydrogen) atoms. The molecule has 0 saturated carbocycles. The number of hydrogen-bond donors (Lipinski definition) is 1. The summed E-state index contributed by atoms with van der Waals surface area (Å²) in [7, 11) is 0. The van der Waals surface area contributed by atoms with E-state index in [0.29, 0.717) is 11.9 Å². The van der Waals surface area contributed by atoms with Gasteiger partial charge in [-0.1, -0.05) is 6.92 Å². The van der Waals surface area contributed by atoms with Crippen molar-refractivity contribution in [1.29, 1.82) is 0 Å². The van der Waals surface area contributed by atoms with Crippen LogP contribution in [0.4, 0.5) is 11.6 Å². The Hall–Kier alpha value is -1.32. The highest BCUT2D eigenvalue weighted by atomic mass is 15.2. The summed E-state index contributed by atoms with van der Waals surface area (Å²) in [5.74, 6) is 1.53. The van der Waals surface area contributed by atoms with E-state index >= 15 is 0 Å². The zero-order valence-corrected chi connectivity index (χ0v) is 9.99. The summed E-state index contributed by atoms with van der Waals surface area (Å²) in [6.07, 6.45) is 2.62. The van der Waals surface area contributed by atoms with Crippen LogP contribution in [0.25, 0.3) is 0 Å². The van der Waals surface area contributed by atoms with Crippen LogP contribution in [-0.2, 0) is 0 Å². The van der Waals surface area contributed by atoms with Crippen molar-refractivity contribution in [2.24, 2.45) is 0 Å². The van der Waals surface area contributed by atoms with Gasteiger partial charge in [0.2, 0.25) is 0 Å². The van der Waals surface area contributed by atoms with Gasteiger partial charge in [0.15, 0.2) is 0 Å². The van der Waals surface area contributed by atoms with Crippen molar-refractivity contribution in [3.05, 3.63) is 11.9 Å². The fourth-order valence-electron chi connectivity index (χ4n) is 1.63. The number of anilines is 2. The van der Waals surface area contributed by atoms with E-state index < -0.39 is 0 Å². The minimum absolute atomic E-state index is 0.475. The Labute approximate surface area is 91.5 Å². The SMILES string of the molecule is CCC(C)N(CC)c1ncnc(N)c1C. The Bertz CT molecular complexity index is 324. The predicted molar refractivity (Wildman–Crippen MR) is 64.0 cm³/mol. The maximum absolute atomic E-state index is 5.78. The number of nitrogens with two attached hydrogens (primary N) is 1. The van der Waals surface area contributed by atoms with E-state index in [0.717, 1.165) is 24.3 Å². The summed E-state index contributed by atoms with van der Waals surface area (Å²) in [6, 6.07) is 0.475. The Morgan fingerprint density at radius 1 is 1.40 bits per heavy atom. The van der Waals surface area contributed by atoms with Gasteiger partial charge in [-0.15, -0.1) is 0 Å². The molecule has 0 fully saturated rings. The summed E-state index contributed by atoms with van der Waals surface area (Å²) in [6.45, 7) is 9.40. The first-order chi connectivity index (χ1) is 7.11. The molecule has 0 radical (unpaired) electrons. The molecule has 4 nitrogen and oxygen atoms in total. The van der Waals surface area contributed by atoms with Gasteiger partial charge in [0.25, 0.3) is 0 Å². The highest BCUT2D eigenvalue weighted by Crippen LogP contribution is 2.22. The molecular weight excluding hydrogens is 188 g/mol. The molecule has 84 valence electrons. The Kier molecular flexibility index (Phi) is 3.88. The summed E-state index contributed by atoms with van der Waals surface area (Å²) in [5, 5.41) is 0. The van der Waals surface area contributed by atoms with Crippen molar-refractivity contribution in [2.75, 3.05) is 17.2 Å². The molecule has 4 heteroatoms. The summed E-state index contributed by atoms with van der Waals surface area (Å²) in [4.78, 5) is 10.6. The molecule has 0 saturated heterocycles. The molecule has 1 rings (SSSR count). The third-order valence-corrected chi connectivity index (χ3v) is 2.83. The van der Waals surface area contributed by atoms with E-state index in [2.05, 4.69) is 35.6 Å². The van der Waals surface area contributed by atoms with E-state index in [1.54, 1.807) is 0 Å². The Balaban J connectivity index is 3.07. The van der Waals surface area contributed by atoms with Gasteiger partial charge >= 0.3 is 0 Å². The standard InChI is InChI=1S/C11H20N4/c1-5-8(3)15(6-2)11-9(4)10(12)13-7-14-11/h7-8H,5-6H2,1-4H3,(H2,12,13,14). The van der Waals surface area contributed by atoms with Crippen LogP contribution in [0.1, 0.15) is 32.8 Å². The first-order valence-electron chi connectivity index (χ1n) is 5.45. The summed E-state index contributed by atoms with van der Waals surface area (Å²) >= 11 is 0. The molecule has 0 aliphatic heterocycles. The fourth-order valence-corrected chi connectivity index (χ4v) is 1.63. The molecular formula is C11H20N4. The van der Waals surface area contributed by atoms with E-state index in [1.165, 1.54) is 6.33 Å². The molecule has 0 aromatic carbocycles. The summed E-state index contributed by atoms with van der Waals surface area (Å²) in [5.41, 5.74) is 6.75. The second-order valence-electron chi connectivity index (χ2n) is 3.75. The van der Waals surface area contributed by atoms with Crippen LogP contribution in [0.2, 0.25) is 0 Å². The highest BCUT2D eigenvalue weighted by Gasteiger charge is 2.15. The normalized spacial score (nSPS) is 12.5. The van der Waals surface area contributed by atoms with Crippen molar-refractivity contribution in [3.8, 4) is 0 Å². The molecule has 2 N–H and O–H groups in total. The number of nitrogen functional groups attached to an aromatic ring is 1. The van der Waals surface area contributed by atoms with Gasteiger partial charge in [0.05, 0.1) is 0 Å². The lowest BCUT2D eigenvalue weighted by molar-refractivity contribution is 0.621. The zero-order valence-electron chi connectivity index (χ0n) is 9.99. The second-order valence-corrected chi connectivity index (χ2v) is 3.75. The molecule has 0 aliphatic rings. The molecule has 0 spiro atoms. The maximum atomic E-state index is 5.78. The van der Waals surface area contributed by atoms with Crippen molar-refractivity contribution >= 4 is 11.6 Å². The van der Waals surface area contributed by atoms with Crippen LogP contribution in [0, 0.1) is 6.92 Å². The minimum Gasteiger partial charge on any atom is -0.383 e. The predicted octanol–water partition coefficient (Wildman–Crippen LogP) is 1.99. The first kappa shape index (κ1) is 11.8. The smallest absolute Gasteiger partial charge is 0.137 e. The lowest BCUT2D eigenvalue weighted by Gasteiger charge is -2.29. The quantitative estimate of drug-likeness (QED) is 0.822. The van der Waals surface area contributed by atoms with E-state index in [1.807, 2.05) is 6.92 Å². The van der Waals surface area contributed by atoms with Crippen LogP contribution >= 0.6 is 0 Å². The minimum atomic E-state index is 0.475. The Morgan fingerprint density at radius 2 is 2.07 bits per heavy atom. The Morgan fingerprint density at radius 3 is 2.60 bits per heavy atom. The first-order valence-corrected chi connectivity index (χ1v) is 5.45. The van der Waals surface area contributed by atoms with Gasteiger partial charge in [-0.3, -0.25) is 0 Å². The molecule has 0 amide bonds. The van der Waals surface area contributed by atoms with Crippen molar-refractivity contribution < 1.29 is 0 Å². The van der Waals surface area contributed by atoms with Crippen LogP contribution in [0.15, 0.2) is 6.33 Å². The third-order valence-electron chi connectivity index (χ3n) is 2.83. The highest BCUT2D eigenvalue weighted by molar-refractivity contribution is 5.55. The second kappa shape index (κ2) is 4.96. The van der Waals surface area contributed by atoms with Crippen LogP contribution < -0.4 is 10.6 Å². The van der Waals surface area contributed by atoms with Crippen LogP contribution in [-0.4, -0.2) is 22.6 Å². The lowest BCUT2D eigenvalue weighted by atomic mass is 10.2. The molecule has 0 aliphatic carbocycles. The van der Waals surface area contributed by atoms with Gasteiger partial charge in [-0.05, 0) is 27.2 Å². The molecule has 0 bridgehead atoms. The maximum Gasteiger partial charge on any atom is 0.137 e. The zero-order chi connectivity index (χ0) is 11.4. The number of aromatic nitrogens is 2. The van der Waals surface area contributed by atoms with Gasteiger partial charge in [-0.2, -0.15) is 0 Å². The molecule has 1 heterocycles. The van der Waals surface area contributed by atoms with E-state index in [-0.39, 0.29) is 0 Å². The topological polar surface area (TPSA) is 55.0 Å². The molecule has 1 atom stereocenters. The number of hydrogen-bond acceptors (Lipinski definition) is 4. The number of rotatable bonds is 4. The molecule has 1 aromatic heterocycles. The van der Waals surface area contributed by atoms with Gasteiger partial charge < -0.3 is 10.6 Å². The fraction of sp³-hybridized carbons (Fsp3) is 0.636. The number of nitrogens with zero attached hydrogens (tertiary/aromatic N) is 3. The van der Waals surface area contributed by atoms with E-state index in [9.17, 15) is 0 Å². The van der Waals surface area contributed by atoms with Gasteiger partial charge in [0, 0.05) is 18.2 Å². The van der Waals surface area contributed by atoms with Crippen molar-refractivity contribution in [3.63, 3.8) is 0 Å². The average Bonchev–Trinajstić information content (AvgIpc) is 2.24. The van der Waals surface area contributed by atoms with Crippen LogP contribution in [0.5, 0.6) is 0 Å². The largest absolute Gasteiger partial charge is 0.383 e. The van der Waals surface area contributed by atoms with Crippen molar-refractivity contribution in [2.45, 2.75) is 40.2 Å². The third kappa shape index (κ3) is 2.37. The monoisotopic (exact) mass is 208 g/mol. The average molecular weight is 208 g/mol. The van der Waals surface area contributed by atoms with Crippen molar-refractivity contribution in [1.82, 2.24) is 9.97 Å². The summed E-state index contributed by atoms with van der Waals surface area (Å²) < 4.78 is 0. The van der Waals surface area contributed by atoms with Crippen LogP contribution in [0.3, 0.4) is 0 Å². The van der Waals surface area contributed by atoms with Gasteiger partial charge in [-0.25, -0.2) is 9.97 Å². The van der Waals surface area contributed by atoms with Gasteiger partial charge in [0.1, 0.15) is 18.0 Å². The van der Waals surface area contributed by atoms with E-state index in [4.69, 9.17) is 5.73 Å². The molecule has 1 aromatic rings. The lowest BCUT2D eigenvalue weighted by Crippen LogP contribution is -2.33. The molecule has 1 unspecified atom stereocenters.